The molecule has 15 nitrogen and oxygen atoms in total. The molecule has 1 aliphatic carbocycles. The summed E-state index contributed by atoms with van der Waals surface area (Å²) in [6.07, 6.45) is -0.653. The van der Waals surface area contributed by atoms with Gasteiger partial charge in [0.15, 0.2) is 0 Å². The summed E-state index contributed by atoms with van der Waals surface area (Å²) in [7, 11) is 0. The fourth-order valence-corrected chi connectivity index (χ4v) is 5.05. The van der Waals surface area contributed by atoms with Crippen molar-refractivity contribution in [3.63, 3.8) is 0 Å². The van der Waals surface area contributed by atoms with E-state index in [1.807, 2.05) is 54.6 Å². The molecular formula is C33H36N8O7. The van der Waals surface area contributed by atoms with Gasteiger partial charge in [-0.1, -0.05) is 84.0 Å². The highest BCUT2D eigenvalue weighted by molar-refractivity contribution is 5.92. The molecule has 0 spiro atoms. The van der Waals surface area contributed by atoms with Crippen molar-refractivity contribution in [2.45, 2.75) is 18.4 Å². The number of nitrogens with zero attached hydrogens (tertiary/aromatic N) is 3. The van der Waals surface area contributed by atoms with E-state index < -0.39 is 48.9 Å². The third-order valence-electron chi connectivity index (χ3n) is 7.31. The molecule has 3 aromatic rings. The second-order valence-electron chi connectivity index (χ2n) is 10.6. The number of amides is 5. The lowest BCUT2D eigenvalue weighted by atomic mass is 9.98. The van der Waals surface area contributed by atoms with Crippen LogP contribution in [0.25, 0.3) is 21.6 Å². The van der Waals surface area contributed by atoms with E-state index >= 15 is 0 Å². The molecule has 0 unspecified atom stereocenters. The number of hydrogen-bond acceptors (Lipinski definition) is 8. The summed E-state index contributed by atoms with van der Waals surface area (Å²) in [5.74, 6) is -2.58. The van der Waals surface area contributed by atoms with Crippen molar-refractivity contribution >= 4 is 29.7 Å². The fourth-order valence-electron chi connectivity index (χ4n) is 5.05. The van der Waals surface area contributed by atoms with Gasteiger partial charge in [-0.2, -0.15) is 0 Å². The first kappa shape index (κ1) is 34.9. The maximum absolute atomic E-state index is 12.9. The van der Waals surface area contributed by atoms with E-state index in [0.717, 1.165) is 27.8 Å². The summed E-state index contributed by atoms with van der Waals surface area (Å²) in [6.45, 7) is -1.10. The van der Waals surface area contributed by atoms with Gasteiger partial charge in [0.25, 0.3) is 0 Å². The maximum atomic E-state index is 12.9. The lowest BCUT2D eigenvalue weighted by molar-refractivity contribution is -0.131. The molecule has 0 radical (unpaired) electrons. The quantitative estimate of drug-likeness (QED) is 0.0478. The van der Waals surface area contributed by atoms with Crippen LogP contribution in [0.5, 0.6) is 0 Å². The monoisotopic (exact) mass is 656 g/mol. The first-order valence-corrected chi connectivity index (χ1v) is 15.2. The van der Waals surface area contributed by atoms with Crippen molar-refractivity contribution in [3.05, 3.63) is 106 Å². The second kappa shape index (κ2) is 18.3. The molecule has 1 atom stereocenters. The average molecular weight is 657 g/mol. The lowest BCUT2D eigenvalue weighted by Gasteiger charge is -2.19. The highest BCUT2D eigenvalue weighted by atomic mass is 16.5. The van der Waals surface area contributed by atoms with Crippen LogP contribution >= 0.6 is 0 Å². The summed E-state index contributed by atoms with van der Waals surface area (Å²) in [6, 6.07) is 23.7. The number of rotatable bonds is 17. The zero-order chi connectivity index (χ0) is 34.1. The Kier molecular flexibility index (Phi) is 13.3. The molecule has 0 aliphatic heterocycles. The van der Waals surface area contributed by atoms with E-state index in [1.54, 1.807) is 24.3 Å². The molecule has 1 aliphatic rings. The molecule has 250 valence electrons. The summed E-state index contributed by atoms with van der Waals surface area (Å²) in [5, 5.41) is 15.6. The molecule has 15 heteroatoms. The highest BCUT2D eigenvalue weighted by Crippen LogP contribution is 2.44. The maximum Gasteiger partial charge on any atom is 0.407 e. The molecule has 0 saturated heterocycles. The third kappa shape index (κ3) is 10.6. The number of carbonyl (C=O) groups is 5. The lowest BCUT2D eigenvalue weighted by Crippen LogP contribution is -2.52. The Morgan fingerprint density at radius 3 is 2.04 bits per heavy atom. The Bertz CT molecular complexity index is 1600. The van der Waals surface area contributed by atoms with Gasteiger partial charge in [0, 0.05) is 23.8 Å². The van der Waals surface area contributed by atoms with Crippen LogP contribution in [0, 0.1) is 0 Å². The van der Waals surface area contributed by atoms with Crippen LogP contribution in [-0.4, -0.2) is 81.9 Å². The second-order valence-corrected chi connectivity index (χ2v) is 10.6. The predicted molar refractivity (Wildman–Crippen MR) is 174 cm³/mol. The van der Waals surface area contributed by atoms with E-state index in [9.17, 15) is 24.0 Å². The van der Waals surface area contributed by atoms with E-state index in [2.05, 4.69) is 36.6 Å². The first-order valence-electron chi connectivity index (χ1n) is 15.2. The minimum atomic E-state index is -1.05. The van der Waals surface area contributed by atoms with Crippen molar-refractivity contribution in [1.82, 2.24) is 26.6 Å². The van der Waals surface area contributed by atoms with Gasteiger partial charge < -0.3 is 36.1 Å². The van der Waals surface area contributed by atoms with Crippen LogP contribution < -0.4 is 26.6 Å². The number of alkyl carbamates (subject to hydrolysis) is 1. The topological polar surface area (TPSA) is 213 Å². The largest absolute Gasteiger partial charge is 0.449 e. The van der Waals surface area contributed by atoms with Gasteiger partial charge in [0.05, 0.1) is 19.7 Å². The number of fused-ring (bicyclic) bond motifs is 3. The average Bonchev–Trinajstić information content (AvgIpc) is 3.43. The van der Waals surface area contributed by atoms with Gasteiger partial charge in [-0.15, -0.1) is 0 Å². The summed E-state index contributed by atoms with van der Waals surface area (Å²) in [5.41, 5.74) is 13.3. The van der Waals surface area contributed by atoms with Gasteiger partial charge in [0.1, 0.15) is 25.9 Å². The van der Waals surface area contributed by atoms with Crippen LogP contribution in [0.4, 0.5) is 4.79 Å². The van der Waals surface area contributed by atoms with E-state index in [1.165, 1.54) is 0 Å². The number of benzene rings is 3. The Morgan fingerprint density at radius 2 is 1.35 bits per heavy atom. The van der Waals surface area contributed by atoms with Crippen molar-refractivity contribution < 1.29 is 33.4 Å². The van der Waals surface area contributed by atoms with Crippen molar-refractivity contribution in [3.8, 4) is 11.1 Å². The van der Waals surface area contributed by atoms with Gasteiger partial charge in [0.2, 0.25) is 23.6 Å². The standard InChI is InChI=1S/C33H36N8O7/c34-41-39-14-15-47-21-38-30(43)17-36-32(45)28(16-22-8-2-1-3-9-22)40-31(44)19-35-29(42)18-37-33(46)48-20-27-25-12-6-4-10-23(25)24-11-5-7-13-26(24)27/h1-13,27-28H,14-21H2,(H,35,42)(H,36,45)(H,37,46)(H,38,43)(H,40,44)/t28-/m0/s1. The molecule has 5 amide bonds. The molecular weight excluding hydrogens is 620 g/mol. The normalized spacial score (nSPS) is 11.9. The van der Waals surface area contributed by atoms with Crippen LogP contribution in [0.1, 0.15) is 22.6 Å². The van der Waals surface area contributed by atoms with Crippen molar-refractivity contribution in [1.29, 1.82) is 0 Å². The summed E-state index contributed by atoms with van der Waals surface area (Å²) >= 11 is 0. The Labute approximate surface area is 276 Å². The molecule has 48 heavy (non-hydrogen) atoms. The summed E-state index contributed by atoms with van der Waals surface area (Å²) < 4.78 is 10.5. The number of carbonyl (C=O) groups excluding carboxylic acids is 5. The molecule has 0 bridgehead atoms. The molecule has 4 rings (SSSR count). The molecule has 3 aromatic carbocycles. The van der Waals surface area contributed by atoms with Crippen LogP contribution in [0.3, 0.4) is 0 Å². The van der Waals surface area contributed by atoms with Crippen LogP contribution in [0.15, 0.2) is 84.0 Å². The zero-order valence-electron chi connectivity index (χ0n) is 26.0. The molecule has 0 aromatic heterocycles. The Balaban J connectivity index is 1.19. The SMILES string of the molecule is [N-]=[N+]=NCCOCNC(=O)CNC(=O)[C@H](Cc1ccccc1)NC(=O)CNC(=O)CNC(=O)OCC1c2ccccc2-c2ccccc21. The first-order chi connectivity index (χ1) is 23.4. The minimum absolute atomic E-state index is 0.0864. The van der Waals surface area contributed by atoms with Crippen LogP contribution in [-0.2, 0) is 35.1 Å². The number of hydrogen-bond donors (Lipinski definition) is 5. The molecule has 0 fully saturated rings. The van der Waals surface area contributed by atoms with E-state index in [-0.39, 0.29) is 45.4 Å². The van der Waals surface area contributed by atoms with Gasteiger partial charge in [-0.25, -0.2) is 4.79 Å². The third-order valence-corrected chi connectivity index (χ3v) is 7.31. The highest BCUT2D eigenvalue weighted by Gasteiger charge is 2.29. The minimum Gasteiger partial charge on any atom is -0.449 e. The van der Waals surface area contributed by atoms with Crippen molar-refractivity contribution in [2.24, 2.45) is 5.11 Å². The number of azide groups is 1. The van der Waals surface area contributed by atoms with E-state index in [4.69, 9.17) is 15.0 Å². The Hall–Kier alpha value is -5.92. The molecule has 5 N–H and O–H groups in total. The van der Waals surface area contributed by atoms with Gasteiger partial charge in [-0.3, -0.25) is 19.2 Å². The van der Waals surface area contributed by atoms with Gasteiger partial charge >= 0.3 is 6.09 Å². The molecule has 0 saturated carbocycles. The van der Waals surface area contributed by atoms with Crippen LogP contribution in [0.2, 0.25) is 0 Å². The Morgan fingerprint density at radius 1 is 0.750 bits per heavy atom. The number of nitrogens with one attached hydrogen (secondary N) is 5. The smallest absolute Gasteiger partial charge is 0.407 e. The van der Waals surface area contributed by atoms with Gasteiger partial charge in [-0.05, 0) is 33.3 Å². The fraction of sp³-hybridized carbons (Fsp3) is 0.303. The molecule has 0 heterocycles. The van der Waals surface area contributed by atoms with E-state index in [0.29, 0.717) is 0 Å². The van der Waals surface area contributed by atoms with Crippen molar-refractivity contribution in [2.75, 3.05) is 46.1 Å². The predicted octanol–water partition coefficient (Wildman–Crippen LogP) is 1.89. The zero-order valence-corrected chi connectivity index (χ0v) is 26.0. The number of ether oxygens (including phenoxy) is 2. The summed E-state index contributed by atoms with van der Waals surface area (Å²) in [4.78, 5) is 65.0.